The molecule has 1 fully saturated rings. The zero-order valence-corrected chi connectivity index (χ0v) is 12.2. The lowest BCUT2D eigenvalue weighted by Gasteiger charge is -2.34. The van der Waals surface area contributed by atoms with Crippen molar-refractivity contribution in [1.29, 1.82) is 0 Å². The number of amides is 2. The first-order valence-corrected chi connectivity index (χ1v) is 7.23. The molecule has 2 amide bonds. The lowest BCUT2D eigenvalue weighted by molar-refractivity contribution is -0.119. The highest BCUT2D eigenvalue weighted by molar-refractivity contribution is 5.94. The van der Waals surface area contributed by atoms with E-state index in [1.54, 1.807) is 23.2 Å². The third kappa shape index (κ3) is 4.01. The van der Waals surface area contributed by atoms with Gasteiger partial charge in [-0.15, -0.1) is 0 Å². The second kappa shape index (κ2) is 7.17. The Labute approximate surface area is 124 Å². The van der Waals surface area contributed by atoms with Crippen LogP contribution in [0.2, 0.25) is 0 Å². The van der Waals surface area contributed by atoms with Crippen LogP contribution in [0.4, 0.5) is 0 Å². The van der Waals surface area contributed by atoms with Crippen LogP contribution in [0, 0.1) is 0 Å². The Balaban J connectivity index is 2.11. The fourth-order valence-electron chi connectivity index (χ4n) is 2.55. The van der Waals surface area contributed by atoms with Crippen LogP contribution in [0.5, 0.6) is 0 Å². The van der Waals surface area contributed by atoms with Gasteiger partial charge in [0.15, 0.2) is 0 Å². The van der Waals surface area contributed by atoms with Crippen LogP contribution >= 0.6 is 0 Å². The summed E-state index contributed by atoms with van der Waals surface area (Å²) in [6.07, 6.45) is 4.42. The molecule has 6 nitrogen and oxygen atoms in total. The van der Waals surface area contributed by atoms with Gasteiger partial charge in [-0.2, -0.15) is 0 Å². The van der Waals surface area contributed by atoms with E-state index in [0.717, 1.165) is 19.3 Å². The molecule has 1 unspecified atom stereocenters. The molecule has 1 saturated heterocycles. The number of carbonyl (C=O) groups excluding carboxylic acids is 2. The molecule has 1 aliphatic rings. The van der Waals surface area contributed by atoms with Gasteiger partial charge in [0.05, 0.1) is 24.9 Å². The average molecular weight is 291 g/mol. The Morgan fingerprint density at radius 3 is 3.00 bits per heavy atom. The number of hydrogen-bond donors (Lipinski definition) is 2. The van der Waals surface area contributed by atoms with Crippen molar-refractivity contribution in [1.82, 2.24) is 15.2 Å². The van der Waals surface area contributed by atoms with Crippen molar-refractivity contribution in [3.8, 4) is 0 Å². The van der Waals surface area contributed by atoms with Gasteiger partial charge < -0.3 is 15.3 Å². The molecule has 2 heterocycles. The zero-order chi connectivity index (χ0) is 15.2. The molecule has 2 rings (SSSR count). The van der Waals surface area contributed by atoms with Gasteiger partial charge in [-0.25, -0.2) is 0 Å². The van der Waals surface area contributed by atoms with Crippen LogP contribution < -0.4 is 5.32 Å². The van der Waals surface area contributed by atoms with Crippen LogP contribution in [-0.4, -0.2) is 46.0 Å². The van der Waals surface area contributed by atoms with Gasteiger partial charge in [0.2, 0.25) is 5.91 Å². The zero-order valence-electron chi connectivity index (χ0n) is 12.2. The normalized spacial score (nSPS) is 18.4. The van der Waals surface area contributed by atoms with Crippen LogP contribution in [0.15, 0.2) is 18.3 Å². The first kappa shape index (κ1) is 15.4. The van der Waals surface area contributed by atoms with E-state index >= 15 is 0 Å². The summed E-state index contributed by atoms with van der Waals surface area (Å²) in [6, 6.07) is 3.27. The maximum Gasteiger partial charge on any atom is 0.254 e. The van der Waals surface area contributed by atoms with Crippen LogP contribution in [0.1, 0.15) is 42.2 Å². The van der Waals surface area contributed by atoms with E-state index in [4.69, 9.17) is 0 Å². The van der Waals surface area contributed by atoms with Crippen molar-refractivity contribution in [2.75, 3.05) is 13.2 Å². The summed E-state index contributed by atoms with van der Waals surface area (Å²) < 4.78 is 0. The van der Waals surface area contributed by atoms with Crippen molar-refractivity contribution in [3.63, 3.8) is 0 Å². The first-order valence-electron chi connectivity index (χ1n) is 7.23. The highest BCUT2D eigenvalue weighted by Crippen LogP contribution is 2.19. The molecule has 1 aliphatic heterocycles. The number of piperidine rings is 1. The van der Waals surface area contributed by atoms with E-state index in [2.05, 4.69) is 10.3 Å². The molecular formula is C15H21N3O3. The number of aliphatic hydroxyl groups is 1. The number of likely N-dealkylation sites (tertiary alicyclic amines) is 1. The van der Waals surface area contributed by atoms with Crippen LogP contribution in [0.3, 0.4) is 0 Å². The number of nitrogens with zero attached hydrogens (tertiary/aromatic N) is 2. The third-order valence-corrected chi connectivity index (χ3v) is 3.68. The maximum atomic E-state index is 12.6. The predicted octanol–water partition coefficient (Wildman–Crippen LogP) is 0.705. The molecule has 0 spiro atoms. The Bertz CT molecular complexity index is 519. The minimum absolute atomic E-state index is 0.00439. The molecule has 21 heavy (non-hydrogen) atoms. The number of carbonyl (C=O) groups is 2. The first-order chi connectivity index (χ1) is 10.1. The molecular weight excluding hydrogens is 270 g/mol. The molecule has 1 aromatic rings. The largest absolute Gasteiger partial charge is 0.394 e. The van der Waals surface area contributed by atoms with E-state index in [1.807, 2.05) is 0 Å². The predicted molar refractivity (Wildman–Crippen MR) is 77.5 cm³/mol. The Morgan fingerprint density at radius 1 is 1.48 bits per heavy atom. The lowest BCUT2D eigenvalue weighted by Crippen LogP contribution is -2.45. The minimum Gasteiger partial charge on any atom is -0.394 e. The van der Waals surface area contributed by atoms with Gasteiger partial charge in [-0.1, -0.05) is 0 Å². The van der Waals surface area contributed by atoms with Crippen LogP contribution in [0.25, 0.3) is 0 Å². The summed E-state index contributed by atoms with van der Waals surface area (Å²) in [7, 11) is 0. The number of pyridine rings is 1. The highest BCUT2D eigenvalue weighted by atomic mass is 16.3. The van der Waals surface area contributed by atoms with E-state index in [-0.39, 0.29) is 24.5 Å². The molecule has 0 aliphatic carbocycles. The number of hydrogen-bond acceptors (Lipinski definition) is 4. The smallest absolute Gasteiger partial charge is 0.254 e. The summed E-state index contributed by atoms with van der Waals surface area (Å²) in [4.78, 5) is 29.4. The molecule has 1 atom stereocenters. The lowest BCUT2D eigenvalue weighted by atomic mass is 10.0. The Kier molecular flexibility index (Phi) is 5.27. The Morgan fingerprint density at radius 2 is 2.29 bits per heavy atom. The molecule has 0 saturated carbocycles. The van der Waals surface area contributed by atoms with Crippen molar-refractivity contribution in [3.05, 3.63) is 29.6 Å². The van der Waals surface area contributed by atoms with Gasteiger partial charge in [0.1, 0.15) is 0 Å². The fourth-order valence-corrected chi connectivity index (χ4v) is 2.55. The summed E-state index contributed by atoms with van der Waals surface area (Å²) in [5.74, 6) is -0.217. The molecule has 0 radical (unpaired) electrons. The SMILES string of the molecule is CC(=O)NCc1cc(C(=O)N2CCCCC2CO)ccn1. The molecule has 0 aromatic carbocycles. The van der Waals surface area contributed by atoms with Crippen molar-refractivity contribution >= 4 is 11.8 Å². The van der Waals surface area contributed by atoms with Crippen molar-refractivity contribution in [2.45, 2.75) is 38.8 Å². The van der Waals surface area contributed by atoms with Gasteiger partial charge in [-0.3, -0.25) is 14.6 Å². The van der Waals surface area contributed by atoms with Gasteiger partial charge in [0.25, 0.3) is 5.91 Å². The number of aliphatic hydroxyl groups excluding tert-OH is 1. The van der Waals surface area contributed by atoms with Gasteiger partial charge >= 0.3 is 0 Å². The monoisotopic (exact) mass is 291 g/mol. The standard InChI is InChI=1S/C15H21N3O3/c1-11(20)17-9-13-8-12(5-6-16-13)15(21)18-7-3-2-4-14(18)10-19/h5-6,8,14,19H,2-4,7,9-10H2,1H3,(H,17,20). The molecule has 1 aromatic heterocycles. The molecule has 0 bridgehead atoms. The Hall–Kier alpha value is -1.95. The van der Waals surface area contributed by atoms with Gasteiger partial charge in [-0.05, 0) is 31.4 Å². The van der Waals surface area contributed by atoms with Crippen molar-refractivity contribution in [2.24, 2.45) is 0 Å². The van der Waals surface area contributed by atoms with Crippen LogP contribution in [-0.2, 0) is 11.3 Å². The number of rotatable bonds is 4. The van der Waals surface area contributed by atoms with E-state index in [1.165, 1.54) is 6.92 Å². The second-order valence-electron chi connectivity index (χ2n) is 5.28. The maximum absolute atomic E-state index is 12.6. The average Bonchev–Trinajstić information content (AvgIpc) is 2.52. The van der Waals surface area contributed by atoms with E-state index in [0.29, 0.717) is 24.3 Å². The topological polar surface area (TPSA) is 82.5 Å². The summed E-state index contributed by atoms with van der Waals surface area (Å²) in [5, 5.41) is 12.1. The van der Waals surface area contributed by atoms with Crippen molar-refractivity contribution < 1.29 is 14.7 Å². The summed E-state index contributed by atoms with van der Waals surface area (Å²) in [5.41, 5.74) is 1.19. The fraction of sp³-hybridized carbons (Fsp3) is 0.533. The van der Waals surface area contributed by atoms with Gasteiger partial charge in [0, 0.05) is 25.2 Å². The molecule has 2 N–H and O–H groups in total. The number of nitrogens with one attached hydrogen (secondary N) is 1. The van der Waals surface area contributed by atoms with E-state index < -0.39 is 0 Å². The molecule has 6 heteroatoms. The second-order valence-corrected chi connectivity index (χ2v) is 5.28. The highest BCUT2D eigenvalue weighted by Gasteiger charge is 2.26. The quantitative estimate of drug-likeness (QED) is 0.855. The summed E-state index contributed by atoms with van der Waals surface area (Å²) >= 11 is 0. The third-order valence-electron chi connectivity index (χ3n) is 3.68. The number of aromatic nitrogens is 1. The molecule has 114 valence electrons. The van der Waals surface area contributed by atoms with E-state index in [9.17, 15) is 14.7 Å². The summed E-state index contributed by atoms with van der Waals surface area (Å²) in [6.45, 7) is 2.41. The minimum atomic E-state index is -0.134.